The first-order valence-electron chi connectivity index (χ1n) is 5.73. The largest absolute Gasteiger partial charge is 0.396 e. The molecule has 0 aliphatic carbocycles. The monoisotopic (exact) mass is 285 g/mol. The van der Waals surface area contributed by atoms with Gasteiger partial charge in [-0.15, -0.1) is 0 Å². The molecule has 102 valence electrons. The molecule has 1 heterocycles. The molecule has 2 aromatic rings. The van der Waals surface area contributed by atoms with Crippen molar-refractivity contribution in [1.82, 2.24) is 10.1 Å². The Morgan fingerprint density at radius 3 is 3.00 bits per heavy atom. The molecule has 3 N–H and O–H groups in total. The van der Waals surface area contributed by atoms with Crippen LogP contribution < -0.4 is 5.73 Å². The molecule has 0 radical (unpaired) electrons. The number of hydrogen-bond acceptors (Lipinski definition) is 5. The maximum absolute atomic E-state index is 13.7. The van der Waals surface area contributed by atoms with E-state index in [0.717, 1.165) is 0 Å². The lowest BCUT2D eigenvalue weighted by atomic mass is 10.1. The lowest BCUT2D eigenvalue weighted by Crippen LogP contribution is -2.12. The first-order chi connectivity index (χ1) is 9.11. The van der Waals surface area contributed by atoms with Gasteiger partial charge in [0, 0.05) is 13.0 Å². The second kappa shape index (κ2) is 6.10. The zero-order valence-electron chi connectivity index (χ0n) is 10.0. The maximum Gasteiger partial charge on any atom is 0.243 e. The van der Waals surface area contributed by atoms with Crippen LogP contribution in [0.25, 0.3) is 0 Å². The molecule has 0 amide bonds. The second-order valence-electron chi connectivity index (χ2n) is 4.06. The predicted molar refractivity (Wildman–Crippen MR) is 67.1 cm³/mol. The van der Waals surface area contributed by atoms with E-state index in [1.807, 2.05) is 0 Å². The van der Waals surface area contributed by atoms with E-state index in [9.17, 15) is 4.39 Å². The summed E-state index contributed by atoms with van der Waals surface area (Å²) in [5.74, 6) is 0.0613. The third kappa shape index (κ3) is 3.28. The molecule has 0 bridgehead atoms. The summed E-state index contributed by atoms with van der Waals surface area (Å²) in [6, 6.07) is 4.21. The minimum absolute atomic E-state index is 0.0539. The highest BCUT2D eigenvalue weighted by Crippen LogP contribution is 2.20. The quantitative estimate of drug-likeness (QED) is 0.875. The molecule has 1 atom stereocenters. The van der Waals surface area contributed by atoms with Crippen molar-refractivity contribution in [2.45, 2.75) is 18.9 Å². The maximum atomic E-state index is 13.7. The first kappa shape index (κ1) is 13.9. The van der Waals surface area contributed by atoms with Crippen LogP contribution in [-0.2, 0) is 6.42 Å². The minimum Gasteiger partial charge on any atom is -0.396 e. The minimum atomic E-state index is -0.518. The molecule has 0 aliphatic heterocycles. The van der Waals surface area contributed by atoms with Crippen molar-refractivity contribution in [1.29, 1.82) is 0 Å². The van der Waals surface area contributed by atoms with E-state index < -0.39 is 11.9 Å². The van der Waals surface area contributed by atoms with E-state index in [0.29, 0.717) is 17.8 Å². The van der Waals surface area contributed by atoms with Gasteiger partial charge in [-0.3, -0.25) is 0 Å². The molecule has 0 aliphatic rings. The van der Waals surface area contributed by atoms with Crippen molar-refractivity contribution >= 4 is 11.6 Å². The van der Waals surface area contributed by atoms with Gasteiger partial charge < -0.3 is 15.4 Å². The molecule has 0 saturated carbocycles. The molecule has 0 fully saturated rings. The molecule has 1 unspecified atom stereocenters. The number of nitrogens with two attached hydrogens (primary N) is 1. The Morgan fingerprint density at radius 1 is 1.47 bits per heavy atom. The Hall–Kier alpha value is -1.50. The van der Waals surface area contributed by atoms with Crippen molar-refractivity contribution in [3.63, 3.8) is 0 Å². The highest BCUT2D eigenvalue weighted by molar-refractivity contribution is 6.30. The fraction of sp³-hybridized carbons (Fsp3) is 0.333. The smallest absolute Gasteiger partial charge is 0.243 e. The number of aromatic nitrogens is 2. The predicted octanol–water partition coefficient (Wildman–Crippen LogP) is 1.84. The Labute approximate surface area is 114 Å². The van der Waals surface area contributed by atoms with Crippen LogP contribution in [0.3, 0.4) is 0 Å². The Balaban J connectivity index is 2.14. The van der Waals surface area contributed by atoms with Gasteiger partial charge in [0.2, 0.25) is 5.89 Å². The topological polar surface area (TPSA) is 85.2 Å². The van der Waals surface area contributed by atoms with Gasteiger partial charge in [0.1, 0.15) is 5.82 Å². The summed E-state index contributed by atoms with van der Waals surface area (Å²) in [5.41, 5.74) is 6.10. The molecule has 7 heteroatoms. The average molecular weight is 286 g/mol. The van der Waals surface area contributed by atoms with Gasteiger partial charge in [-0.2, -0.15) is 4.98 Å². The van der Waals surface area contributed by atoms with E-state index in [1.54, 1.807) is 12.1 Å². The Morgan fingerprint density at radius 2 is 2.26 bits per heavy atom. The van der Waals surface area contributed by atoms with Crippen LogP contribution in [0.15, 0.2) is 22.7 Å². The molecule has 19 heavy (non-hydrogen) atoms. The summed E-state index contributed by atoms with van der Waals surface area (Å²) in [7, 11) is 0. The van der Waals surface area contributed by atoms with Crippen molar-refractivity contribution in [3.8, 4) is 0 Å². The summed E-state index contributed by atoms with van der Waals surface area (Å²) in [6.45, 7) is -0.0677. The van der Waals surface area contributed by atoms with Crippen LogP contribution >= 0.6 is 11.6 Å². The molecule has 1 aromatic heterocycles. The van der Waals surface area contributed by atoms with Crippen molar-refractivity contribution in [2.75, 3.05) is 6.61 Å². The number of rotatable bonds is 5. The number of benzene rings is 1. The van der Waals surface area contributed by atoms with Gasteiger partial charge in [0.15, 0.2) is 5.82 Å². The fourth-order valence-corrected chi connectivity index (χ4v) is 1.80. The van der Waals surface area contributed by atoms with Gasteiger partial charge in [-0.05, 0) is 18.1 Å². The third-order valence-electron chi connectivity index (χ3n) is 2.62. The van der Waals surface area contributed by atoms with Gasteiger partial charge in [-0.1, -0.05) is 28.9 Å². The fourth-order valence-electron chi connectivity index (χ4n) is 1.61. The average Bonchev–Trinajstić information content (AvgIpc) is 2.84. The highest BCUT2D eigenvalue weighted by atomic mass is 35.5. The third-order valence-corrected chi connectivity index (χ3v) is 2.91. The number of aliphatic hydroxyl groups excluding tert-OH is 1. The zero-order chi connectivity index (χ0) is 13.8. The highest BCUT2D eigenvalue weighted by Gasteiger charge is 2.16. The molecule has 1 aromatic carbocycles. The van der Waals surface area contributed by atoms with Crippen LogP contribution in [-0.4, -0.2) is 21.9 Å². The standard InChI is InChI=1S/C12H13ClFN3O2/c13-8-3-1-2-7(11(8)14)6-10-16-12(19-17-10)9(15)4-5-18/h1-3,9,18H,4-6,15H2. The van der Waals surface area contributed by atoms with Crippen LogP contribution in [0.5, 0.6) is 0 Å². The zero-order valence-corrected chi connectivity index (χ0v) is 10.8. The first-order valence-corrected chi connectivity index (χ1v) is 6.11. The summed E-state index contributed by atoms with van der Waals surface area (Å²) >= 11 is 5.69. The lowest BCUT2D eigenvalue weighted by molar-refractivity contribution is 0.259. The molecule has 0 saturated heterocycles. The molecule has 5 nitrogen and oxygen atoms in total. The lowest BCUT2D eigenvalue weighted by Gasteiger charge is -2.02. The number of hydrogen-bond donors (Lipinski definition) is 2. The number of aliphatic hydroxyl groups is 1. The molecular weight excluding hydrogens is 273 g/mol. The van der Waals surface area contributed by atoms with E-state index in [-0.39, 0.29) is 23.9 Å². The van der Waals surface area contributed by atoms with E-state index in [2.05, 4.69) is 10.1 Å². The normalized spacial score (nSPS) is 12.6. The number of nitrogens with zero attached hydrogens (tertiary/aromatic N) is 2. The van der Waals surface area contributed by atoms with Crippen molar-refractivity contribution in [2.24, 2.45) is 5.73 Å². The van der Waals surface area contributed by atoms with Gasteiger partial charge in [0.25, 0.3) is 0 Å². The number of halogens is 2. The van der Waals surface area contributed by atoms with E-state index in [1.165, 1.54) is 6.07 Å². The van der Waals surface area contributed by atoms with Crippen molar-refractivity contribution in [3.05, 3.63) is 46.3 Å². The summed E-state index contributed by atoms with van der Waals surface area (Å²) in [4.78, 5) is 4.07. The SMILES string of the molecule is NC(CCO)c1nc(Cc2cccc(Cl)c2F)no1. The van der Waals surface area contributed by atoms with Crippen LogP contribution in [0.2, 0.25) is 5.02 Å². The van der Waals surface area contributed by atoms with E-state index in [4.69, 9.17) is 27.0 Å². The molecular formula is C12H13ClFN3O2. The molecule has 2 rings (SSSR count). The molecule has 0 spiro atoms. The van der Waals surface area contributed by atoms with Gasteiger partial charge in [-0.25, -0.2) is 4.39 Å². The Kier molecular flexibility index (Phi) is 4.47. The summed E-state index contributed by atoms with van der Waals surface area (Å²) < 4.78 is 18.7. The van der Waals surface area contributed by atoms with Crippen LogP contribution in [0.4, 0.5) is 4.39 Å². The summed E-state index contributed by atoms with van der Waals surface area (Å²) in [6.07, 6.45) is 0.495. The van der Waals surface area contributed by atoms with Crippen LogP contribution in [0.1, 0.15) is 29.7 Å². The van der Waals surface area contributed by atoms with Gasteiger partial charge in [0.05, 0.1) is 11.1 Å². The summed E-state index contributed by atoms with van der Waals surface area (Å²) in [5, 5.41) is 12.6. The van der Waals surface area contributed by atoms with E-state index >= 15 is 0 Å². The van der Waals surface area contributed by atoms with Crippen molar-refractivity contribution < 1.29 is 14.0 Å². The second-order valence-corrected chi connectivity index (χ2v) is 4.46. The Bertz CT molecular complexity index is 562. The van der Waals surface area contributed by atoms with Gasteiger partial charge >= 0.3 is 0 Å². The van der Waals surface area contributed by atoms with Crippen LogP contribution in [0, 0.1) is 5.82 Å².